The van der Waals surface area contributed by atoms with Crippen LogP contribution in [-0.4, -0.2) is 10.1 Å². The van der Waals surface area contributed by atoms with E-state index in [1.165, 1.54) is 12.5 Å². The van der Waals surface area contributed by atoms with E-state index in [9.17, 15) is 4.39 Å². The van der Waals surface area contributed by atoms with Crippen LogP contribution in [0.3, 0.4) is 0 Å². The van der Waals surface area contributed by atoms with Crippen molar-refractivity contribution in [3.63, 3.8) is 0 Å². The standard InChI is InChI=1S/C8H4FIN2O/c9-7-2-1-5(10)3-6(7)8-11-4-13-12-8/h1-4H. The van der Waals surface area contributed by atoms with Crippen molar-refractivity contribution in [1.82, 2.24) is 10.1 Å². The van der Waals surface area contributed by atoms with Crippen molar-refractivity contribution in [2.75, 3.05) is 0 Å². The van der Waals surface area contributed by atoms with Crippen LogP contribution in [0.25, 0.3) is 11.4 Å². The number of halogens is 2. The molecule has 0 saturated carbocycles. The molecule has 2 aromatic rings. The Morgan fingerprint density at radius 3 is 2.92 bits per heavy atom. The summed E-state index contributed by atoms with van der Waals surface area (Å²) in [4.78, 5) is 3.77. The Labute approximate surface area is 87.1 Å². The number of aromatic nitrogens is 2. The molecule has 0 amide bonds. The number of rotatable bonds is 1. The highest BCUT2D eigenvalue weighted by atomic mass is 127. The van der Waals surface area contributed by atoms with Gasteiger partial charge in [-0.2, -0.15) is 4.98 Å². The largest absolute Gasteiger partial charge is 0.342 e. The van der Waals surface area contributed by atoms with Crippen LogP contribution in [0.15, 0.2) is 29.1 Å². The molecule has 1 heterocycles. The zero-order valence-corrected chi connectivity index (χ0v) is 8.53. The first-order chi connectivity index (χ1) is 6.27. The summed E-state index contributed by atoms with van der Waals surface area (Å²) in [7, 11) is 0. The normalized spacial score (nSPS) is 10.3. The van der Waals surface area contributed by atoms with E-state index in [0.717, 1.165) is 3.57 Å². The Kier molecular flexibility index (Phi) is 2.26. The molecule has 0 fully saturated rings. The Hall–Kier alpha value is -0.980. The van der Waals surface area contributed by atoms with Crippen molar-refractivity contribution < 1.29 is 8.91 Å². The molecule has 0 saturated heterocycles. The molecule has 0 bridgehead atoms. The fourth-order valence-corrected chi connectivity index (χ4v) is 1.45. The minimum atomic E-state index is -0.346. The molecule has 1 aromatic carbocycles. The van der Waals surface area contributed by atoms with Gasteiger partial charge in [-0.3, -0.25) is 0 Å². The lowest BCUT2D eigenvalue weighted by Crippen LogP contribution is -1.87. The van der Waals surface area contributed by atoms with E-state index >= 15 is 0 Å². The van der Waals surface area contributed by atoms with Gasteiger partial charge in [-0.15, -0.1) is 0 Å². The van der Waals surface area contributed by atoms with Gasteiger partial charge in [-0.05, 0) is 40.8 Å². The van der Waals surface area contributed by atoms with E-state index < -0.39 is 0 Å². The van der Waals surface area contributed by atoms with Crippen LogP contribution in [0.4, 0.5) is 4.39 Å². The molecular formula is C8H4FIN2O. The number of hydrogen-bond acceptors (Lipinski definition) is 3. The molecule has 0 atom stereocenters. The molecule has 0 unspecified atom stereocenters. The van der Waals surface area contributed by atoms with Gasteiger partial charge in [0.25, 0.3) is 0 Å². The Bertz CT molecular complexity index is 416. The maximum Gasteiger partial charge on any atom is 0.214 e. The van der Waals surface area contributed by atoms with Crippen molar-refractivity contribution >= 4 is 22.6 Å². The second kappa shape index (κ2) is 3.41. The fraction of sp³-hybridized carbons (Fsp3) is 0. The minimum Gasteiger partial charge on any atom is -0.342 e. The third-order valence-corrected chi connectivity index (χ3v) is 2.20. The van der Waals surface area contributed by atoms with Gasteiger partial charge in [0, 0.05) is 3.57 Å². The Morgan fingerprint density at radius 1 is 1.38 bits per heavy atom. The number of nitrogens with zero attached hydrogens (tertiary/aromatic N) is 2. The summed E-state index contributed by atoms with van der Waals surface area (Å²) in [6, 6.07) is 4.73. The van der Waals surface area contributed by atoms with Crippen molar-refractivity contribution in [1.29, 1.82) is 0 Å². The van der Waals surface area contributed by atoms with Gasteiger partial charge in [0.15, 0.2) is 0 Å². The first-order valence-corrected chi connectivity index (χ1v) is 4.57. The molecule has 0 aliphatic carbocycles. The number of benzene rings is 1. The second-order valence-electron chi connectivity index (χ2n) is 2.38. The smallest absolute Gasteiger partial charge is 0.214 e. The molecule has 13 heavy (non-hydrogen) atoms. The Morgan fingerprint density at radius 2 is 2.23 bits per heavy atom. The van der Waals surface area contributed by atoms with Crippen molar-refractivity contribution in [3.05, 3.63) is 34.0 Å². The summed E-state index contributed by atoms with van der Waals surface area (Å²) < 4.78 is 18.7. The van der Waals surface area contributed by atoms with Crippen LogP contribution in [0.2, 0.25) is 0 Å². The van der Waals surface area contributed by atoms with Crippen molar-refractivity contribution in [2.24, 2.45) is 0 Å². The SMILES string of the molecule is Fc1ccc(I)cc1-c1ncon1. The summed E-state index contributed by atoms with van der Waals surface area (Å²) in [5, 5.41) is 3.56. The predicted octanol–water partition coefficient (Wildman–Crippen LogP) is 2.48. The molecule has 66 valence electrons. The summed E-state index contributed by atoms with van der Waals surface area (Å²) in [6.07, 6.45) is 1.18. The summed E-state index contributed by atoms with van der Waals surface area (Å²) >= 11 is 2.09. The van der Waals surface area contributed by atoms with Gasteiger partial charge in [-0.25, -0.2) is 4.39 Å². The highest BCUT2D eigenvalue weighted by molar-refractivity contribution is 14.1. The van der Waals surface area contributed by atoms with E-state index in [1.54, 1.807) is 12.1 Å². The summed E-state index contributed by atoms with van der Waals surface area (Å²) in [6.45, 7) is 0. The molecule has 0 aliphatic heterocycles. The van der Waals surface area contributed by atoms with Gasteiger partial charge in [0.05, 0.1) is 5.56 Å². The van der Waals surface area contributed by atoms with Crippen LogP contribution in [0.5, 0.6) is 0 Å². The second-order valence-corrected chi connectivity index (χ2v) is 3.62. The zero-order chi connectivity index (χ0) is 9.26. The fourth-order valence-electron chi connectivity index (χ4n) is 0.958. The number of hydrogen-bond donors (Lipinski definition) is 0. The van der Waals surface area contributed by atoms with Gasteiger partial charge < -0.3 is 4.52 Å². The van der Waals surface area contributed by atoms with Gasteiger partial charge >= 0.3 is 0 Å². The van der Waals surface area contributed by atoms with E-state index in [4.69, 9.17) is 0 Å². The van der Waals surface area contributed by atoms with E-state index in [2.05, 4.69) is 37.3 Å². The highest BCUT2D eigenvalue weighted by Gasteiger charge is 2.09. The molecule has 1 aromatic heterocycles. The third-order valence-electron chi connectivity index (χ3n) is 1.53. The van der Waals surface area contributed by atoms with Gasteiger partial charge in [-0.1, -0.05) is 5.16 Å². The zero-order valence-electron chi connectivity index (χ0n) is 6.37. The average Bonchev–Trinajstić information content (AvgIpc) is 2.61. The first-order valence-electron chi connectivity index (χ1n) is 3.49. The van der Waals surface area contributed by atoms with Crippen LogP contribution < -0.4 is 0 Å². The third kappa shape index (κ3) is 1.69. The maximum atomic E-state index is 13.2. The molecule has 0 spiro atoms. The highest BCUT2D eigenvalue weighted by Crippen LogP contribution is 2.20. The lowest BCUT2D eigenvalue weighted by atomic mass is 10.2. The predicted molar refractivity (Wildman–Crippen MR) is 52.4 cm³/mol. The van der Waals surface area contributed by atoms with Crippen LogP contribution in [0.1, 0.15) is 0 Å². The van der Waals surface area contributed by atoms with Crippen LogP contribution >= 0.6 is 22.6 Å². The molecule has 0 radical (unpaired) electrons. The Balaban J connectivity index is 2.57. The monoisotopic (exact) mass is 290 g/mol. The molecule has 3 nitrogen and oxygen atoms in total. The molecule has 5 heteroatoms. The van der Waals surface area contributed by atoms with Crippen LogP contribution in [0, 0.1) is 9.39 Å². The summed E-state index contributed by atoms with van der Waals surface area (Å²) in [5.41, 5.74) is 0.362. The minimum absolute atomic E-state index is 0.274. The summed E-state index contributed by atoms with van der Waals surface area (Å²) in [5.74, 6) is -0.0715. The lowest BCUT2D eigenvalue weighted by molar-refractivity contribution is 0.418. The van der Waals surface area contributed by atoms with E-state index in [-0.39, 0.29) is 11.6 Å². The molecular weight excluding hydrogens is 286 g/mol. The molecule has 0 N–H and O–H groups in total. The molecule has 2 rings (SSSR count). The average molecular weight is 290 g/mol. The quantitative estimate of drug-likeness (QED) is 0.757. The molecule has 0 aliphatic rings. The van der Waals surface area contributed by atoms with E-state index in [1.807, 2.05) is 0 Å². The van der Waals surface area contributed by atoms with Crippen LogP contribution in [-0.2, 0) is 0 Å². The van der Waals surface area contributed by atoms with E-state index in [0.29, 0.717) is 5.56 Å². The van der Waals surface area contributed by atoms with Gasteiger partial charge in [0.1, 0.15) is 5.82 Å². The maximum absolute atomic E-state index is 13.2. The van der Waals surface area contributed by atoms with Crippen molar-refractivity contribution in [3.8, 4) is 11.4 Å². The first kappa shape index (κ1) is 8.61. The lowest BCUT2D eigenvalue weighted by Gasteiger charge is -1.97. The van der Waals surface area contributed by atoms with Gasteiger partial charge in [0.2, 0.25) is 12.2 Å². The topological polar surface area (TPSA) is 38.9 Å². The van der Waals surface area contributed by atoms with Crippen molar-refractivity contribution in [2.45, 2.75) is 0 Å².